The first kappa shape index (κ1) is 20.3. The standard InChI is InChI=1S/C24H27NO2S/c1-17(2)8-9-19-10-11-22(18(3)24(19)26)27-16-20-6-4-5-7-23(20)28-21-12-14-25-15-13-21/h4-7,10-15,17,26H,8-9,16H2,1-3H3. The van der Waals surface area contributed by atoms with Crippen LogP contribution < -0.4 is 4.74 Å². The minimum atomic E-state index is 0.359. The summed E-state index contributed by atoms with van der Waals surface area (Å²) in [6.07, 6.45) is 5.55. The molecule has 0 bridgehead atoms. The zero-order chi connectivity index (χ0) is 19.9. The molecule has 0 aliphatic heterocycles. The lowest BCUT2D eigenvalue weighted by atomic mass is 10.00. The van der Waals surface area contributed by atoms with Gasteiger partial charge in [-0.1, -0.05) is 49.9 Å². The number of nitrogens with zero attached hydrogens (tertiary/aromatic N) is 1. The molecule has 1 N–H and O–H groups in total. The minimum Gasteiger partial charge on any atom is -0.507 e. The van der Waals surface area contributed by atoms with Gasteiger partial charge in [-0.3, -0.25) is 4.98 Å². The second-order valence-electron chi connectivity index (χ2n) is 7.31. The van der Waals surface area contributed by atoms with Crippen molar-refractivity contribution < 1.29 is 9.84 Å². The maximum atomic E-state index is 10.5. The molecule has 1 heterocycles. The summed E-state index contributed by atoms with van der Waals surface area (Å²) in [7, 11) is 0. The zero-order valence-electron chi connectivity index (χ0n) is 16.7. The topological polar surface area (TPSA) is 42.4 Å². The van der Waals surface area contributed by atoms with Crippen molar-refractivity contribution in [2.45, 2.75) is 50.0 Å². The van der Waals surface area contributed by atoms with Crippen molar-refractivity contribution in [3.8, 4) is 11.5 Å². The van der Waals surface area contributed by atoms with Gasteiger partial charge in [0.1, 0.15) is 18.1 Å². The fourth-order valence-electron chi connectivity index (χ4n) is 2.95. The van der Waals surface area contributed by atoms with E-state index in [0.717, 1.165) is 45.1 Å². The molecule has 3 aromatic rings. The molecule has 0 atom stereocenters. The first-order valence-corrected chi connectivity index (χ1v) is 10.5. The number of ether oxygens (including phenoxy) is 1. The molecule has 1 aromatic heterocycles. The van der Waals surface area contributed by atoms with E-state index in [0.29, 0.717) is 18.3 Å². The number of hydrogen-bond donors (Lipinski definition) is 1. The normalized spacial score (nSPS) is 11.0. The average molecular weight is 394 g/mol. The Labute approximate surface area is 171 Å². The van der Waals surface area contributed by atoms with Gasteiger partial charge < -0.3 is 9.84 Å². The lowest BCUT2D eigenvalue weighted by Gasteiger charge is -2.15. The van der Waals surface area contributed by atoms with E-state index in [1.807, 2.05) is 43.3 Å². The van der Waals surface area contributed by atoms with Crippen LogP contribution in [0.25, 0.3) is 0 Å². The summed E-state index contributed by atoms with van der Waals surface area (Å²) in [5, 5.41) is 10.5. The minimum absolute atomic E-state index is 0.359. The van der Waals surface area contributed by atoms with Crippen molar-refractivity contribution >= 4 is 11.8 Å². The largest absolute Gasteiger partial charge is 0.507 e. The molecule has 0 radical (unpaired) electrons. The summed E-state index contributed by atoms with van der Waals surface area (Å²) < 4.78 is 6.08. The van der Waals surface area contributed by atoms with Crippen LogP contribution in [0.5, 0.6) is 11.5 Å². The van der Waals surface area contributed by atoms with Gasteiger partial charge in [0.05, 0.1) is 0 Å². The van der Waals surface area contributed by atoms with Crippen LogP contribution in [0, 0.1) is 12.8 Å². The number of aromatic hydroxyl groups is 1. The Kier molecular flexibility index (Phi) is 6.99. The fourth-order valence-corrected chi connectivity index (χ4v) is 3.87. The summed E-state index contributed by atoms with van der Waals surface area (Å²) in [6, 6.07) is 16.2. The number of phenolic OH excluding ortho intramolecular Hbond substituents is 1. The molecule has 0 saturated heterocycles. The number of hydrogen-bond acceptors (Lipinski definition) is 4. The summed E-state index contributed by atoms with van der Waals surface area (Å²) in [5.74, 6) is 1.71. The molecule has 2 aromatic carbocycles. The highest BCUT2D eigenvalue weighted by molar-refractivity contribution is 7.99. The van der Waals surface area contributed by atoms with Crippen LogP contribution in [-0.2, 0) is 13.0 Å². The van der Waals surface area contributed by atoms with Gasteiger partial charge in [-0.25, -0.2) is 0 Å². The third-order valence-corrected chi connectivity index (χ3v) is 5.82. The van der Waals surface area contributed by atoms with E-state index >= 15 is 0 Å². The Morgan fingerprint density at radius 2 is 1.75 bits per heavy atom. The van der Waals surface area contributed by atoms with Gasteiger partial charge in [0.15, 0.2) is 0 Å². The predicted octanol–water partition coefficient (Wildman–Crippen LogP) is 6.41. The first-order chi connectivity index (χ1) is 13.5. The molecular formula is C24H27NO2S. The Balaban J connectivity index is 1.71. The van der Waals surface area contributed by atoms with Crippen LogP contribution in [0.3, 0.4) is 0 Å². The maximum absolute atomic E-state index is 10.5. The molecule has 4 heteroatoms. The van der Waals surface area contributed by atoms with E-state index in [9.17, 15) is 5.11 Å². The highest BCUT2D eigenvalue weighted by atomic mass is 32.2. The highest BCUT2D eigenvalue weighted by Crippen LogP contribution is 2.34. The quantitative estimate of drug-likeness (QED) is 0.480. The van der Waals surface area contributed by atoms with Gasteiger partial charge in [-0.15, -0.1) is 0 Å². The molecule has 0 fully saturated rings. The van der Waals surface area contributed by atoms with E-state index in [2.05, 4.69) is 31.0 Å². The molecule has 0 aliphatic rings. The van der Waals surface area contributed by atoms with Crippen molar-refractivity contribution in [3.63, 3.8) is 0 Å². The lowest BCUT2D eigenvalue weighted by molar-refractivity contribution is 0.298. The summed E-state index contributed by atoms with van der Waals surface area (Å²) in [6.45, 7) is 6.77. The van der Waals surface area contributed by atoms with Crippen molar-refractivity contribution in [2.75, 3.05) is 0 Å². The zero-order valence-corrected chi connectivity index (χ0v) is 17.5. The van der Waals surface area contributed by atoms with Crippen LogP contribution in [0.4, 0.5) is 0 Å². The van der Waals surface area contributed by atoms with Gasteiger partial charge in [0.25, 0.3) is 0 Å². The predicted molar refractivity (Wildman–Crippen MR) is 115 cm³/mol. The molecule has 28 heavy (non-hydrogen) atoms. The van der Waals surface area contributed by atoms with Gasteiger partial charge in [0, 0.05) is 33.3 Å². The monoisotopic (exact) mass is 393 g/mol. The Morgan fingerprint density at radius 1 is 1.00 bits per heavy atom. The van der Waals surface area contributed by atoms with Crippen LogP contribution in [0.1, 0.15) is 37.0 Å². The van der Waals surface area contributed by atoms with Crippen molar-refractivity contribution in [2.24, 2.45) is 5.92 Å². The molecular weight excluding hydrogens is 366 g/mol. The van der Waals surface area contributed by atoms with Crippen molar-refractivity contribution in [1.82, 2.24) is 4.98 Å². The number of rotatable bonds is 8. The van der Waals surface area contributed by atoms with Crippen LogP contribution in [0.15, 0.2) is 70.7 Å². The molecule has 0 saturated carbocycles. The molecule has 3 nitrogen and oxygen atoms in total. The van der Waals surface area contributed by atoms with E-state index in [4.69, 9.17) is 4.74 Å². The SMILES string of the molecule is Cc1c(OCc2ccccc2Sc2ccncc2)ccc(CCC(C)C)c1O. The summed E-state index contributed by atoms with van der Waals surface area (Å²) in [5.41, 5.74) is 2.92. The molecule has 146 valence electrons. The number of aryl methyl sites for hydroxylation is 1. The lowest BCUT2D eigenvalue weighted by Crippen LogP contribution is -2.00. The third kappa shape index (κ3) is 5.29. The summed E-state index contributed by atoms with van der Waals surface area (Å²) >= 11 is 1.70. The van der Waals surface area contributed by atoms with E-state index in [-0.39, 0.29) is 0 Å². The smallest absolute Gasteiger partial charge is 0.126 e. The van der Waals surface area contributed by atoms with E-state index in [1.54, 1.807) is 24.2 Å². The maximum Gasteiger partial charge on any atom is 0.126 e. The van der Waals surface area contributed by atoms with Gasteiger partial charge in [0.2, 0.25) is 0 Å². The van der Waals surface area contributed by atoms with Crippen LogP contribution in [0.2, 0.25) is 0 Å². The number of aromatic nitrogens is 1. The Bertz CT molecular complexity index is 910. The Hall–Kier alpha value is -2.46. The second kappa shape index (κ2) is 9.65. The highest BCUT2D eigenvalue weighted by Gasteiger charge is 2.12. The molecule has 0 spiro atoms. The number of benzene rings is 2. The number of phenols is 1. The average Bonchev–Trinajstić information content (AvgIpc) is 2.70. The van der Waals surface area contributed by atoms with Crippen LogP contribution in [-0.4, -0.2) is 10.1 Å². The van der Waals surface area contributed by atoms with E-state index in [1.165, 1.54) is 0 Å². The van der Waals surface area contributed by atoms with Crippen LogP contribution >= 0.6 is 11.8 Å². The van der Waals surface area contributed by atoms with E-state index < -0.39 is 0 Å². The molecule has 0 amide bonds. The third-order valence-electron chi connectivity index (χ3n) is 4.69. The number of pyridine rings is 1. The van der Waals surface area contributed by atoms with Crippen molar-refractivity contribution in [1.29, 1.82) is 0 Å². The first-order valence-electron chi connectivity index (χ1n) is 9.64. The van der Waals surface area contributed by atoms with Gasteiger partial charge >= 0.3 is 0 Å². The van der Waals surface area contributed by atoms with Gasteiger partial charge in [-0.05, 0) is 55.5 Å². The van der Waals surface area contributed by atoms with Crippen molar-refractivity contribution in [3.05, 3.63) is 77.6 Å². The summed E-state index contributed by atoms with van der Waals surface area (Å²) in [4.78, 5) is 6.37. The van der Waals surface area contributed by atoms with Gasteiger partial charge in [-0.2, -0.15) is 0 Å². The second-order valence-corrected chi connectivity index (χ2v) is 8.43. The molecule has 0 unspecified atom stereocenters. The molecule has 0 aliphatic carbocycles. The fraction of sp³-hybridized carbons (Fsp3) is 0.292. The Morgan fingerprint density at radius 3 is 2.50 bits per heavy atom. The molecule has 3 rings (SSSR count).